The SMILES string of the molecule is O=C(/C=C/c1ccccc1Br)Nc1ccc(F)c(F)c1F. The van der Waals surface area contributed by atoms with Crippen molar-refractivity contribution in [3.63, 3.8) is 0 Å². The van der Waals surface area contributed by atoms with Crippen LogP contribution >= 0.6 is 15.9 Å². The summed E-state index contributed by atoms with van der Waals surface area (Å²) in [6.45, 7) is 0. The quantitative estimate of drug-likeness (QED) is 0.636. The van der Waals surface area contributed by atoms with Crippen LogP contribution in [0.3, 0.4) is 0 Å². The lowest BCUT2D eigenvalue weighted by molar-refractivity contribution is -0.111. The Labute approximate surface area is 127 Å². The smallest absolute Gasteiger partial charge is 0.248 e. The van der Waals surface area contributed by atoms with Gasteiger partial charge in [-0.1, -0.05) is 34.1 Å². The topological polar surface area (TPSA) is 29.1 Å². The number of nitrogens with one attached hydrogen (secondary N) is 1. The van der Waals surface area contributed by atoms with Crippen molar-refractivity contribution >= 4 is 33.6 Å². The highest BCUT2D eigenvalue weighted by Crippen LogP contribution is 2.20. The highest BCUT2D eigenvalue weighted by atomic mass is 79.9. The van der Waals surface area contributed by atoms with E-state index in [0.717, 1.165) is 22.2 Å². The van der Waals surface area contributed by atoms with Gasteiger partial charge < -0.3 is 5.32 Å². The maximum Gasteiger partial charge on any atom is 0.248 e. The van der Waals surface area contributed by atoms with E-state index in [4.69, 9.17) is 0 Å². The average Bonchev–Trinajstić information content (AvgIpc) is 2.47. The minimum atomic E-state index is -1.62. The van der Waals surface area contributed by atoms with Crippen molar-refractivity contribution in [2.24, 2.45) is 0 Å². The molecule has 1 amide bonds. The zero-order chi connectivity index (χ0) is 15.4. The van der Waals surface area contributed by atoms with Crippen molar-refractivity contribution in [2.75, 3.05) is 5.32 Å². The third kappa shape index (κ3) is 3.72. The van der Waals surface area contributed by atoms with Crippen LogP contribution in [0.5, 0.6) is 0 Å². The lowest BCUT2D eigenvalue weighted by Crippen LogP contribution is -2.10. The molecule has 0 aromatic heterocycles. The fourth-order valence-corrected chi connectivity index (χ4v) is 1.99. The molecule has 2 nitrogen and oxygen atoms in total. The van der Waals surface area contributed by atoms with Crippen molar-refractivity contribution in [1.29, 1.82) is 0 Å². The molecule has 108 valence electrons. The molecular formula is C15H9BrF3NO. The summed E-state index contributed by atoms with van der Waals surface area (Å²) < 4.78 is 40.0. The fourth-order valence-electron chi connectivity index (χ4n) is 1.57. The Morgan fingerprint density at radius 1 is 1.05 bits per heavy atom. The van der Waals surface area contributed by atoms with Crippen molar-refractivity contribution in [3.8, 4) is 0 Å². The minimum absolute atomic E-state index is 0.421. The van der Waals surface area contributed by atoms with Gasteiger partial charge in [0.25, 0.3) is 0 Å². The van der Waals surface area contributed by atoms with Crippen LogP contribution < -0.4 is 5.32 Å². The predicted molar refractivity (Wildman–Crippen MR) is 78.1 cm³/mol. The van der Waals surface area contributed by atoms with Gasteiger partial charge in [-0.05, 0) is 29.8 Å². The standard InChI is InChI=1S/C15H9BrF3NO/c16-10-4-2-1-3-9(10)5-8-13(21)20-12-7-6-11(17)14(18)15(12)19/h1-8H,(H,20,21)/b8-5+. The number of halogens is 4. The van der Waals surface area contributed by atoms with E-state index in [1.54, 1.807) is 18.2 Å². The van der Waals surface area contributed by atoms with E-state index < -0.39 is 29.0 Å². The van der Waals surface area contributed by atoms with Crippen LogP contribution in [0.4, 0.5) is 18.9 Å². The van der Waals surface area contributed by atoms with Crippen molar-refractivity contribution in [1.82, 2.24) is 0 Å². The molecule has 1 N–H and O–H groups in total. The Kier molecular flexibility index (Phi) is 4.80. The molecule has 0 saturated heterocycles. The molecule has 2 aromatic rings. The van der Waals surface area contributed by atoms with Gasteiger partial charge in [0, 0.05) is 10.5 Å². The molecule has 0 atom stereocenters. The van der Waals surface area contributed by atoms with Gasteiger partial charge in [-0.25, -0.2) is 13.2 Å². The molecular weight excluding hydrogens is 347 g/mol. The van der Waals surface area contributed by atoms with Crippen LogP contribution in [0.25, 0.3) is 6.08 Å². The number of anilines is 1. The van der Waals surface area contributed by atoms with E-state index >= 15 is 0 Å². The summed E-state index contributed by atoms with van der Waals surface area (Å²) in [5.41, 5.74) is 0.328. The molecule has 6 heteroatoms. The summed E-state index contributed by atoms with van der Waals surface area (Å²) in [6.07, 6.45) is 2.68. The maximum absolute atomic E-state index is 13.4. The van der Waals surface area contributed by atoms with Crippen LogP contribution in [0.2, 0.25) is 0 Å². The van der Waals surface area contributed by atoms with Gasteiger partial charge in [-0.15, -0.1) is 0 Å². The molecule has 0 aliphatic rings. The van der Waals surface area contributed by atoms with E-state index in [0.29, 0.717) is 0 Å². The third-order valence-corrected chi connectivity index (χ3v) is 3.33. The Hall–Kier alpha value is -2.08. The summed E-state index contributed by atoms with van der Waals surface area (Å²) in [5.74, 6) is -5.02. The maximum atomic E-state index is 13.4. The molecule has 2 aromatic carbocycles. The molecule has 21 heavy (non-hydrogen) atoms. The molecule has 0 aliphatic heterocycles. The Balaban J connectivity index is 2.13. The number of amides is 1. The van der Waals surface area contributed by atoms with Gasteiger partial charge in [0.15, 0.2) is 17.5 Å². The lowest BCUT2D eigenvalue weighted by Gasteiger charge is -2.05. The molecule has 0 saturated carbocycles. The zero-order valence-electron chi connectivity index (χ0n) is 10.5. The summed E-state index contributed by atoms with van der Waals surface area (Å²) in [6, 6.07) is 8.87. The van der Waals surface area contributed by atoms with Crippen LogP contribution in [-0.2, 0) is 4.79 Å². The van der Waals surface area contributed by atoms with Gasteiger partial charge in [-0.2, -0.15) is 0 Å². The number of carbonyl (C=O) groups excluding carboxylic acids is 1. The average molecular weight is 356 g/mol. The van der Waals surface area contributed by atoms with E-state index in [1.165, 1.54) is 12.2 Å². The molecule has 0 unspecified atom stereocenters. The van der Waals surface area contributed by atoms with Crippen LogP contribution in [0.15, 0.2) is 46.9 Å². The van der Waals surface area contributed by atoms with Crippen molar-refractivity contribution in [3.05, 3.63) is 70.0 Å². The lowest BCUT2D eigenvalue weighted by atomic mass is 10.2. The first-order valence-electron chi connectivity index (χ1n) is 5.86. The fraction of sp³-hybridized carbons (Fsp3) is 0. The van der Waals surface area contributed by atoms with E-state index in [-0.39, 0.29) is 0 Å². The van der Waals surface area contributed by atoms with E-state index in [2.05, 4.69) is 21.2 Å². The molecule has 2 rings (SSSR count). The largest absolute Gasteiger partial charge is 0.320 e. The molecule has 0 radical (unpaired) electrons. The van der Waals surface area contributed by atoms with Gasteiger partial charge in [0.2, 0.25) is 5.91 Å². The molecule has 0 aliphatic carbocycles. The number of benzene rings is 2. The molecule has 0 spiro atoms. The first-order valence-corrected chi connectivity index (χ1v) is 6.65. The third-order valence-electron chi connectivity index (χ3n) is 2.61. The van der Waals surface area contributed by atoms with Crippen LogP contribution in [-0.4, -0.2) is 5.91 Å². The number of hydrogen-bond acceptors (Lipinski definition) is 1. The van der Waals surface area contributed by atoms with Crippen molar-refractivity contribution in [2.45, 2.75) is 0 Å². The van der Waals surface area contributed by atoms with Crippen LogP contribution in [0.1, 0.15) is 5.56 Å². The second-order valence-electron chi connectivity index (χ2n) is 4.07. The number of hydrogen-bond donors (Lipinski definition) is 1. The van der Waals surface area contributed by atoms with Gasteiger partial charge >= 0.3 is 0 Å². The number of rotatable bonds is 3. The molecule has 0 fully saturated rings. The Morgan fingerprint density at radius 2 is 1.76 bits per heavy atom. The monoisotopic (exact) mass is 355 g/mol. The second-order valence-corrected chi connectivity index (χ2v) is 4.92. The minimum Gasteiger partial charge on any atom is -0.320 e. The summed E-state index contributed by atoms with van der Waals surface area (Å²) in [4.78, 5) is 11.6. The van der Waals surface area contributed by atoms with Gasteiger partial charge in [0.05, 0.1) is 5.69 Å². The van der Waals surface area contributed by atoms with Crippen LogP contribution in [0, 0.1) is 17.5 Å². The van der Waals surface area contributed by atoms with E-state index in [9.17, 15) is 18.0 Å². The predicted octanol–water partition coefficient (Wildman–Crippen LogP) is 4.52. The summed E-state index contributed by atoms with van der Waals surface area (Å²) >= 11 is 3.31. The normalized spacial score (nSPS) is 10.9. The van der Waals surface area contributed by atoms with Crippen molar-refractivity contribution < 1.29 is 18.0 Å². The first kappa shape index (κ1) is 15.3. The second kappa shape index (κ2) is 6.58. The highest BCUT2D eigenvalue weighted by Gasteiger charge is 2.14. The van der Waals surface area contributed by atoms with E-state index in [1.807, 2.05) is 6.07 Å². The van der Waals surface area contributed by atoms with Gasteiger partial charge in [0.1, 0.15) is 0 Å². The first-order chi connectivity index (χ1) is 9.99. The van der Waals surface area contributed by atoms with Gasteiger partial charge in [-0.3, -0.25) is 4.79 Å². The molecule has 0 bridgehead atoms. The summed E-state index contributed by atoms with van der Waals surface area (Å²) in [7, 11) is 0. The Bertz CT molecular complexity index is 716. The Morgan fingerprint density at radius 3 is 2.48 bits per heavy atom. The zero-order valence-corrected chi connectivity index (χ0v) is 12.1. The molecule has 0 heterocycles. The number of carbonyl (C=O) groups is 1. The summed E-state index contributed by atoms with van der Waals surface area (Å²) in [5, 5.41) is 2.15. The highest BCUT2D eigenvalue weighted by molar-refractivity contribution is 9.10.